The number of allylic oxidation sites excluding steroid dienone is 4. The lowest BCUT2D eigenvalue weighted by Gasteiger charge is -2.36. The first-order valence-corrected chi connectivity index (χ1v) is 9.88. The zero-order valence-electron chi connectivity index (χ0n) is 17.3. The van der Waals surface area contributed by atoms with E-state index < -0.39 is 17.8 Å². The lowest BCUT2D eigenvalue weighted by Crippen LogP contribution is -2.26. The van der Waals surface area contributed by atoms with Crippen molar-refractivity contribution in [2.45, 2.75) is 59.2 Å². The van der Waals surface area contributed by atoms with Crippen molar-refractivity contribution in [3.8, 4) is 0 Å². The quantitative estimate of drug-likeness (QED) is 0.545. The Labute approximate surface area is 170 Å². The first kappa shape index (κ1) is 21.3. The smallest absolute Gasteiger partial charge is 0.273 e. The largest absolute Gasteiger partial charge is 0.416 e. The lowest BCUT2D eigenvalue weighted by molar-refractivity contribution is -0.137. The van der Waals surface area contributed by atoms with E-state index in [4.69, 9.17) is 0 Å². The molecule has 2 unspecified atom stereocenters. The normalized spacial score (nSPS) is 24.6. The van der Waals surface area contributed by atoms with Crippen LogP contribution in [0, 0.1) is 11.3 Å². The van der Waals surface area contributed by atoms with Crippen LogP contribution in [-0.4, -0.2) is 16.6 Å². The molecule has 0 aromatic heterocycles. The molecule has 0 saturated carbocycles. The Kier molecular flexibility index (Phi) is 5.74. The number of alkyl halides is 3. The predicted octanol–water partition coefficient (Wildman–Crippen LogP) is 6.29. The van der Waals surface area contributed by atoms with E-state index in [1.807, 2.05) is 6.08 Å². The fourth-order valence-electron chi connectivity index (χ4n) is 4.30. The third-order valence-corrected chi connectivity index (χ3v) is 5.92. The Balaban J connectivity index is 1.85. The number of rotatable bonds is 3. The SMILES string of the molecule is CC(=O)N1N=C(C=CC2C(C)=CCCC2(C)C)CC1c1cccc(C(F)(F)F)c1. The molecule has 1 aromatic rings. The summed E-state index contributed by atoms with van der Waals surface area (Å²) in [7, 11) is 0. The Bertz CT molecular complexity index is 880. The summed E-state index contributed by atoms with van der Waals surface area (Å²) in [4.78, 5) is 12.1. The van der Waals surface area contributed by atoms with Gasteiger partial charge in [-0.25, -0.2) is 5.01 Å². The third kappa shape index (κ3) is 4.62. The van der Waals surface area contributed by atoms with Gasteiger partial charge in [0.2, 0.25) is 5.91 Å². The Morgan fingerprint density at radius 1 is 1.31 bits per heavy atom. The van der Waals surface area contributed by atoms with Crippen molar-refractivity contribution >= 4 is 11.6 Å². The molecule has 3 nitrogen and oxygen atoms in total. The minimum Gasteiger partial charge on any atom is -0.273 e. The van der Waals surface area contributed by atoms with E-state index in [-0.39, 0.29) is 17.2 Å². The molecule has 1 heterocycles. The van der Waals surface area contributed by atoms with E-state index >= 15 is 0 Å². The molecule has 1 amide bonds. The van der Waals surface area contributed by atoms with E-state index in [0.717, 1.165) is 25.0 Å². The second kappa shape index (κ2) is 7.81. The summed E-state index contributed by atoms with van der Waals surface area (Å²) in [6.07, 6.45) is 4.44. The van der Waals surface area contributed by atoms with Gasteiger partial charge in [0.25, 0.3) is 0 Å². The molecule has 0 radical (unpaired) electrons. The van der Waals surface area contributed by atoms with Gasteiger partial charge in [0.05, 0.1) is 17.3 Å². The summed E-state index contributed by atoms with van der Waals surface area (Å²) in [5.41, 5.74) is 1.88. The summed E-state index contributed by atoms with van der Waals surface area (Å²) in [5, 5.41) is 5.70. The maximum atomic E-state index is 13.1. The van der Waals surface area contributed by atoms with Gasteiger partial charge >= 0.3 is 6.18 Å². The van der Waals surface area contributed by atoms with Gasteiger partial charge in [-0.2, -0.15) is 18.3 Å². The lowest BCUT2D eigenvalue weighted by atomic mass is 9.68. The molecular weight excluding hydrogens is 377 g/mol. The summed E-state index contributed by atoms with van der Waals surface area (Å²) in [6, 6.07) is 4.63. The number of amides is 1. The second-order valence-electron chi connectivity index (χ2n) is 8.61. The Morgan fingerprint density at radius 2 is 2.03 bits per heavy atom. The van der Waals surface area contributed by atoms with E-state index in [9.17, 15) is 18.0 Å². The number of hydrazone groups is 1. The third-order valence-electron chi connectivity index (χ3n) is 5.92. The molecule has 0 fully saturated rings. The van der Waals surface area contributed by atoms with E-state index in [1.165, 1.54) is 23.6 Å². The fraction of sp³-hybridized carbons (Fsp3) is 0.478. The topological polar surface area (TPSA) is 32.7 Å². The van der Waals surface area contributed by atoms with Gasteiger partial charge in [-0.05, 0) is 49.0 Å². The highest BCUT2D eigenvalue weighted by molar-refractivity contribution is 5.98. The molecule has 2 aliphatic rings. The van der Waals surface area contributed by atoms with Gasteiger partial charge in [0.15, 0.2) is 0 Å². The van der Waals surface area contributed by atoms with E-state index in [1.54, 1.807) is 6.07 Å². The van der Waals surface area contributed by atoms with Gasteiger partial charge < -0.3 is 0 Å². The molecule has 3 rings (SSSR count). The van der Waals surface area contributed by atoms with Crippen molar-refractivity contribution in [3.63, 3.8) is 0 Å². The first-order chi connectivity index (χ1) is 13.5. The van der Waals surface area contributed by atoms with Gasteiger partial charge in [-0.15, -0.1) is 0 Å². The van der Waals surface area contributed by atoms with E-state index in [2.05, 4.69) is 38.0 Å². The Hall–Kier alpha value is -2.37. The molecule has 29 heavy (non-hydrogen) atoms. The number of hydrogen-bond donors (Lipinski definition) is 0. The van der Waals surface area contributed by atoms with Crippen LogP contribution in [0.25, 0.3) is 0 Å². The number of hydrogen-bond acceptors (Lipinski definition) is 2. The average Bonchev–Trinajstić information content (AvgIpc) is 3.05. The maximum Gasteiger partial charge on any atom is 0.416 e. The van der Waals surface area contributed by atoms with Crippen LogP contribution in [0.2, 0.25) is 0 Å². The molecule has 0 N–H and O–H groups in total. The highest BCUT2D eigenvalue weighted by Crippen LogP contribution is 2.42. The van der Waals surface area contributed by atoms with Crippen molar-refractivity contribution < 1.29 is 18.0 Å². The molecule has 0 saturated heterocycles. The Morgan fingerprint density at radius 3 is 2.66 bits per heavy atom. The highest BCUT2D eigenvalue weighted by atomic mass is 19.4. The van der Waals surface area contributed by atoms with Gasteiger partial charge in [-0.1, -0.05) is 43.7 Å². The summed E-state index contributed by atoms with van der Waals surface area (Å²) >= 11 is 0. The predicted molar refractivity (Wildman–Crippen MR) is 108 cm³/mol. The first-order valence-electron chi connectivity index (χ1n) is 9.88. The van der Waals surface area contributed by atoms with Crippen molar-refractivity contribution in [2.75, 3.05) is 0 Å². The van der Waals surface area contributed by atoms with Crippen LogP contribution < -0.4 is 0 Å². The van der Waals surface area contributed by atoms with Gasteiger partial charge in [-0.3, -0.25) is 4.79 Å². The van der Waals surface area contributed by atoms with Crippen LogP contribution in [0.1, 0.15) is 64.1 Å². The van der Waals surface area contributed by atoms with Crippen LogP contribution in [0.4, 0.5) is 13.2 Å². The van der Waals surface area contributed by atoms with E-state index in [0.29, 0.717) is 17.7 Å². The molecule has 6 heteroatoms. The van der Waals surface area contributed by atoms with Crippen LogP contribution in [0.5, 0.6) is 0 Å². The molecular formula is C23H27F3N2O. The minimum atomic E-state index is -4.42. The van der Waals surface area contributed by atoms with Gasteiger partial charge in [0, 0.05) is 19.3 Å². The average molecular weight is 404 g/mol. The van der Waals surface area contributed by atoms with Crippen LogP contribution in [0.15, 0.2) is 53.2 Å². The molecule has 1 aliphatic carbocycles. The minimum absolute atomic E-state index is 0.134. The number of carbonyl (C=O) groups excluding carboxylic acids is 1. The van der Waals surface area contributed by atoms with Crippen LogP contribution in [0.3, 0.4) is 0 Å². The molecule has 0 bridgehead atoms. The van der Waals surface area contributed by atoms with Crippen molar-refractivity contribution in [1.82, 2.24) is 5.01 Å². The highest BCUT2D eigenvalue weighted by Gasteiger charge is 2.35. The summed E-state index contributed by atoms with van der Waals surface area (Å²) < 4.78 is 39.3. The van der Waals surface area contributed by atoms with Gasteiger partial charge in [0.1, 0.15) is 0 Å². The molecule has 1 aromatic carbocycles. The van der Waals surface area contributed by atoms with Crippen molar-refractivity contribution in [2.24, 2.45) is 16.4 Å². The van der Waals surface area contributed by atoms with Crippen LogP contribution in [-0.2, 0) is 11.0 Å². The standard InChI is InChI=1S/C23H27F3N2O/c1-15-7-6-12-22(3,4)20(15)11-10-19-14-21(28(27-19)16(2)29)17-8-5-9-18(13-17)23(24,25)26/h5,7-11,13,20-21H,6,12,14H2,1-4H3. The van der Waals surface area contributed by atoms with Crippen molar-refractivity contribution in [3.05, 3.63) is 59.2 Å². The number of benzene rings is 1. The number of nitrogens with zero attached hydrogens (tertiary/aromatic N) is 2. The zero-order chi connectivity index (χ0) is 21.4. The second-order valence-corrected chi connectivity index (χ2v) is 8.61. The number of halogens is 3. The zero-order valence-corrected chi connectivity index (χ0v) is 17.3. The summed E-state index contributed by atoms with van der Waals surface area (Å²) in [5.74, 6) is -0.0118. The molecule has 156 valence electrons. The monoisotopic (exact) mass is 404 g/mol. The van der Waals surface area contributed by atoms with Crippen LogP contribution >= 0.6 is 0 Å². The summed E-state index contributed by atoms with van der Waals surface area (Å²) in [6.45, 7) is 7.98. The molecule has 1 aliphatic heterocycles. The molecule has 0 spiro atoms. The number of carbonyl (C=O) groups is 1. The fourth-order valence-corrected chi connectivity index (χ4v) is 4.30. The van der Waals surface area contributed by atoms with Crippen molar-refractivity contribution in [1.29, 1.82) is 0 Å². The molecule has 2 atom stereocenters. The maximum absolute atomic E-state index is 13.1.